The number of rotatable bonds is 4. The molecule has 0 amide bonds. The normalized spacial score (nSPS) is 25.0. The quantitative estimate of drug-likeness (QED) is 0.679. The van der Waals surface area contributed by atoms with Gasteiger partial charge >= 0.3 is 0 Å². The Morgan fingerprint density at radius 3 is 2.87 bits per heavy atom. The molecule has 2 aliphatic rings. The van der Waals surface area contributed by atoms with E-state index in [9.17, 15) is 13.2 Å². The molecule has 154 valence electrons. The molecule has 0 spiro atoms. The monoisotopic (exact) mass is 433 g/mol. The molecular weight excluding hydrogens is 419 g/mol. The summed E-state index contributed by atoms with van der Waals surface area (Å²) in [5.74, 6) is -1.39. The van der Waals surface area contributed by atoms with E-state index < -0.39 is 29.8 Å². The predicted molar refractivity (Wildman–Crippen MR) is 104 cm³/mol. The zero-order valence-electron chi connectivity index (χ0n) is 15.4. The number of amidine groups is 1. The lowest BCUT2D eigenvalue weighted by atomic mass is 9.83. The van der Waals surface area contributed by atoms with E-state index >= 15 is 0 Å². The largest absolute Gasteiger partial charge is 0.462 e. The van der Waals surface area contributed by atoms with Gasteiger partial charge in [-0.3, -0.25) is 4.98 Å². The molecule has 5 rings (SSSR count). The summed E-state index contributed by atoms with van der Waals surface area (Å²) in [4.78, 5) is 16.6. The molecule has 3 heterocycles. The van der Waals surface area contributed by atoms with Gasteiger partial charge in [0.05, 0.1) is 16.2 Å². The van der Waals surface area contributed by atoms with Crippen molar-refractivity contribution in [3.63, 3.8) is 0 Å². The molecule has 1 aliphatic heterocycles. The predicted octanol–water partition coefficient (Wildman–Crippen LogP) is 3.60. The minimum atomic E-state index is -2.94. The summed E-state index contributed by atoms with van der Waals surface area (Å²) in [7, 11) is 0. The molecular formula is C20H15ClF3N5O. The summed E-state index contributed by atoms with van der Waals surface area (Å²) in [6, 6.07) is 5.41. The van der Waals surface area contributed by atoms with Gasteiger partial charge in [0.15, 0.2) is 5.54 Å². The standard InChI is InChI=1S/C20H15ClF3N5O/c21-10-5-15-17(26-7-10)14(27-8-28-15)4-9-1-2-13(22)11(3-9)20(18(23)24)12-6-16(12)30-19(25)29-20/h1-3,5,7-8,12,16,18H,4,6H2,(H2,25,29)/t12-,16+,20+/m0/s1. The fraction of sp³-hybridized carbons (Fsp3) is 0.300. The topological polar surface area (TPSA) is 86.3 Å². The minimum Gasteiger partial charge on any atom is -0.462 e. The molecule has 3 atom stereocenters. The Hall–Kier alpha value is -2.94. The minimum absolute atomic E-state index is 0.192. The molecule has 1 aromatic carbocycles. The lowest BCUT2D eigenvalue weighted by Crippen LogP contribution is -2.43. The smallest absolute Gasteiger partial charge is 0.283 e. The third-order valence-electron chi connectivity index (χ3n) is 5.55. The zero-order chi connectivity index (χ0) is 21.0. The third kappa shape index (κ3) is 2.96. The lowest BCUT2D eigenvalue weighted by Gasteiger charge is -2.33. The summed E-state index contributed by atoms with van der Waals surface area (Å²) in [6.07, 6.45) is 0.0242. The van der Waals surface area contributed by atoms with Gasteiger partial charge in [0.25, 0.3) is 12.4 Å². The van der Waals surface area contributed by atoms with Crippen LogP contribution in [0, 0.1) is 11.7 Å². The van der Waals surface area contributed by atoms with Gasteiger partial charge < -0.3 is 10.5 Å². The number of nitrogens with two attached hydrogens (primary N) is 1. The van der Waals surface area contributed by atoms with E-state index in [4.69, 9.17) is 22.1 Å². The van der Waals surface area contributed by atoms with Crippen molar-refractivity contribution in [2.75, 3.05) is 0 Å². The van der Waals surface area contributed by atoms with Gasteiger partial charge in [0, 0.05) is 24.1 Å². The zero-order valence-corrected chi connectivity index (χ0v) is 16.2. The summed E-state index contributed by atoms with van der Waals surface area (Å²) >= 11 is 5.96. The number of aliphatic imine (C=N–C) groups is 1. The highest BCUT2D eigenvalue weighted by molar-refractivity contribution is 6.31. The van der Waals surface area contributed by atoms with Crippen LogP contribution in [-0.4, -0.2) is 33.5 Å². The Bertz CT molecular complexity index is 1190. The molecule has 2 aromatic heterocycles. The van der Waals surface area contributed by atoms with E-state index in [1.54, 1.807) is 6.07 Å². The number of hydrogen-bond donors (Lipinski definition) is 1. The Morgan fingerprint density at radius 2 is 2.07 bits per heavy atom. The number of alkyl halides is 2. The molecule has 0 saturated heterocycles. The highest BCUT2D eigenvalue weighted by Crippen LogP contribution is 2.56. The van der Waals surface area contributed by atoms with Crippen molar-refractivity contribution < 1.29 is 17.9 Å². The number of pyridine rings is 1. The van der Waals surface area contributed by atoms with Crippen molar-refractivity contribution in [2.45, 2.75) is 30.9 Å². The summed E-state index contributed by atoms with van der Waals surface area (Å²) in [5, 5.41) is 0.434. The van der Waals surface area contributed by atoms with Gasteiger partial charge in [-0.1, -0.05) is 17.7 Å². The molecule has 1 saturated carbocycles. The second-order valence-electron chi connectivity index (χ2n) is 7.41. The van der Waals surface area contributed by atoms with Crippen LogP contribution in [-0.2, 0) is 16.7 Å². The van der Waals surface area contributed by atoms with Gasteiger partial charge in [-0.05, 0) is 30.2 Å². The Morgan fingerprint density at radius 1 is 1.23 bits per heavy atom. The second-order valence-corrected chi connectivity index (χ2v) is 7.84. The molecule has 0 radical (unpaired) electrons. The van der Waals surface area contributed by atoms with E-state index in [0.29, 0.717) is 33.7 Å². The van der Waals surface area contributed by atoms with Gasteiger partial charge in [0.1, 0.15) is 23.8 Å². The molecule has 0 bridgehead atoms. The number of benzene rings is 1. The lowest BCUT2D eigenvalue weighted by molar-refractivity contribution is 0.0176. The Balaban J connectivity index is 1.59. The molecule has 30 heavy (non-hydrogen) atoms. The third-order valence-corrected chi connectivity index (χ3v) is 5.76. The number of fused-ring (bicyclic) bond motifs is 2. The first-order valence-corrected chi connectivity index (χ1v) is 9.60. The van der Waals surface area contributed by atoms with E-state index in [0.717, 1.165) is 0 Å². The molecule has 1 fully saturated rings. The van der Waals surface area contributed by atoms with Gasteiger partial charge in [0.2, 0.25) is 0 Å². The average molecular weight is 434 g/mol. The molecule has 6 nitrogen and oxygen atoms in total. The van der Waals surface area contributed by atoms with Crippen molar-refractivity contribution in [1.82, 2.24) is 15.0 Å². The second kappa shape index (κ2) is 6.80. The first kappa shape index (κ1) is 19.0. The van der Waals surface area contributed by atoms with Crippen LogP contribution in [0.2, 0.25) is 5.02 Å². The van der Waals surface area contributed by atoms with Gasteiger partial charge in [-0.2, -0.15) is 0 Å². The van der Waals surface area contributed by atoms with Crippen LogP contribution in [0.3, 0.4) is 0 Å². The van der Waals surface area contributed by atoms with Crippen LogP contribution in [0.25, 0.3) is 11.0 Å². The number of nitrogens with zero attached hydrogens (tertiary/aromatic N) is 4. The number of aromatic nitrogens is 3. The number of halogens is 4. The first-order chi connectivity index (χ1) is 14.4. The van der Waals surface area contributed by atoms with Crippen LogP contribution >= 0.6 is 11.6 Å². The van der Waals surface area contributed by atoms with Crippen LogP contribution in [0.5, 0.6) is 0 Å². The Kier molecular flexibility index (Phi) is 4.32. The summed E-state index contributed by atoms with van der Waals surface area (Å²) in [5.41, 5.74) is 5.61. The van der Waals surface area contributed by atoms with E-state index in [2.05, 4.69) is 19.9 Å². The first-order valence-electron chi connectivity index (χ1n) is 9.22. The van der Waals surface area contributed by atoms with Crippen molar-refractivity contribution >= 4 is 28.7 Å². The van der Waals surface area contributed by atoms with E-state index in [1.165, 1.54) is 30.7 Å². The fourth-order valence-electron chi connectivity index (χ4n) is 4.08. The van der Waals surface area contributed by atoms with Crippen molar-refractivity contribution in [2.24, 2.45) is 16.6 Å². The van der Waals surface area contributed by atoms with Gasteiger partial charge in [-0.25, -0.2) is 28.1 Å². The number of hydrogen-bond acceptors (Lipinski definition) is 6. The maximum Gasteiger partial charge on any atom is 0.283 e. The fourth-order valence-corrected chi connectivity index (χ4v) is 4.24. The van der Waals surface area contributed by atoms with Crippen molar-refractivity contribution in [1.29, 1.82) is 0 Å². The van der Waals surface area contributed by atoms with E-state index in [1.807, 2.05) is 0 Å². The Labute approximate surface area is 174 Å². The summed E-state index contributed by atoms with van der Waals surface area (Å²) < 4.78 is 48.6. The van der Waals surface area contributed by atoms with Crippen LogP contribution in [0.1, 0.15) is 23.2 Å². The number of ether oxygens (including phenoxy) is 1. The highest BCUT2D eigenvalue weighted by atomic mass is 35.5. The average Bonchev–Trinajstić information content (AvgIpc) is 3.48. The van der Waals surface area contributed by atoms with Crippen molar-refractivity contribution in [3.8, 4) is 0 Å². The highest BCUT2D eigenvalue weighted by Gasteiger charge is 2.64. The molecule has 1 aliphatic carbocycles. The van der Waals surface area contributed by atoms with Gasteiger partial charge in [-0.15, -0.1) is 0 Å². The van der Waals surface area contributed by atoms with Crippen LogP contribution in [0.15, 0.2) is 41.8 Å². The summed E-state index contributed by atoms with van der Waals surface area (Å²) in [6.45, 7) is 0. The van der Waals surface area contributed by atoms with Crippen molar-refractivity contribution in [3.05, 3.63) is 64.5 Å². The van der Waals surface area contributed by atoms with E-state index in [-0.39, 0.29) is 18.0 Å². The molecule has 10 heteroatoms. The maximum atomic E-state index is 14.8. The maximum absolute atomic E-state index is 14.8. The van der Waals surface area contributed by atoms with Crippen LogP contribution < -0.4 is 5.73 Å². The molecule has 0 unspecified atom stereocenters. The van der Waals surface area contributed by atoms with Crippen LogP contribution in [0.4, 0.5) is 13.2 Å². The SMILES string of the molecule is NC1=N[C@@](c2cc(Cc3ncnc4cc(Cl)cnc34)ccc2F)(C(F)F)[C@H]2C[C@H]2O1. The molecule has 2 N–H and O–H groups in total. The molecule has 3 aromatic rings.